The molecular formula is C28H27N3. The topological polar surface area (TPSA) is 30.7 Å². The van der Waals surface area contributed by atoms with Gasteiger partial charge < -0.3 is 0 Å². The first-order chi connectivity index (χ1) is 15.3. The van der Waals surface area contributed by atoms with Crippen LogP contribution in [0.15, 0.2) is 97.3 Å². The smallest absolute Gasteiger partial charge is 0.225 e. The molecule has 0 aliphatic carbocycles. The van der Waals surface area contributed by atoms with Crippen molar-refractivity contribution in [2.24, 2.45) is 5.92 Å². The molecule has 4 rings (SSSR count). The van der Waals surface area contributed by atoms with Crippen LogP contribution in [0.4, 0.5) is 0 Å². The van der Waals surface area contributed by atoms with Crippen LogP contribution in [0.5, 0.6) is 0 Å². The van der Waals surface area contributed by atoms with Crippen LogP contribution < -0.4 is 0 Å². The molecule has 3 heteroatoms. The molecule has 0 aliphatic rings. The number of nitrogens with zero attached hydrogens (tertiary/aromatic N) is 3. The fraction of sp³-hybridized carbons (Fsp3) is 0.214. The van der Waals surface area contributed by atoms with E-state index in [0.29, 0.717) is 11.7 Å². The minimum absolute atomic E-state index is 0.370. The molecule has 1 heterocycles. The maximum atomic E-state index is 4.88. The fourth-order valence-electron chi connectivity index (χ4n) is 4.08. The first-order valence-electron chi connectivity index (χ1n) is 10.9. The maximum absolute atomic E-state index is 4.88. The second kappa shape index (κ2) is 9.45. The summed E-state index contributed by atoms with van der Waals surface area (Å²) in [5.41, 5.74) is 2.72. The van der Waals surface area contributed by atoms with E-state index in [1.54, 1.807) is 0 Å². The van der Waals surface area contributed by atoms with Gasteiger partial charge in [-0.3, -0.25) is 0 Å². The minimum atomic E-state index is -0.647. The van der Waals surface area contributed by atoms with Gasteiger partial charge in [0.25, 0.3) is 0 Å². The number of rotatable bonds is 6. The van der Waals surface area contributed by atoms with Crippen LogP contribution in [0.1, 0.15) is 49.2 Å². The number of hydrogen-bond acceptors (Lipinski definition) is 2. The van der Waals surface area contributed by atoms with Gasteiger partial charge in [-0.1, -0.05) is 111 Å². The molecule has 31 heavy (non-hydrogen) atoms. The van der Waals surface area contributed by atoms with Crippen LogP contribution in [-0.4, -0.2) is 14.8 Å². The first kappa shape index (κ1) is 20.6. The Kier molecular flexibility index (Phi) is 6.29. The molecule has 0 amide bonds. The standard InChI is InChI=1S/C28H27N3/c1-3-23(4-2)20-21-27-29-22-31(30-27)28(24-14-8-5-9-15-24,25-16-10-6-11-17-25)26-18-12-7-13-19-26/h5-19,22-23H,3-4H2,1-2H3. The second-order valence-corrected chi connectivity index (χ2v) is 7.60. The lowest BCUT2D eigenvalue weighted by Gasteiger charge is -2.35. The average Bonchev–Trinajstić information content (AvgIpc) is 3.32. The van der Waals surface area contributed by atoms with Crippen LogP contribution in [-0.2, 0) is 5.54 Å². The van der Waals surface area contributed by atoms with Crippen molar-refractivity contribution < 1.29 is 0 Å². The molecule has 0 fully saturated rings. The third-order valence-electron chi connectivity index (χ3n) is 5.78. The van der Waals surface area contributed by atoms with Crippen molar-refractivity contribution in [1.29, 1.82) is 0 Å². The van der Waals surface area contributed by atoms with Crippen LogP contribution in [0.25, 0.3) is 0 Å². The predicted octanol–water partition coefficient (Wildman–Crippen LogP) is 5.91. The average molecular weight is 406 g/mol. The molecule has 3 aromatic carbocycles. The summed E-state index contributed by atoms with van der Waals surface area (Å²) in [4.78, 5) is 4.58. The van der Waals surface area contributed by atoms with Gasteiger partial charge in [-0.25, -0.2) is 9.67 Å². The van der Waals surface area contributed by atoms with E-state index in [-0.39, 0.29) is 0 Å². The van der Waals surface area contributed by atoms with Crippen molar-refractivity contribution in [3.63, 3.8) is 0 Å². The molecule has 0 radical (unpaired) electrons. The summed E-state index contributed by atoms with van der Waals surface area (Å²) in [5.74, 6) is 7.46. The molecular weight excluding hydrogens is 378 g/mol. The van der Waals surface area contributed by atoms with Gasteiger partial charge in [0.1, 0.15) is 11.9 Å². The van der Waals surface area contributed by atoms with Gasteiger partial charge in [-0.2, -0.15) is 0 Å². The van der Waals surface area contributed by atoms with E-state index in [1.165, 1.54) is 0 Å². The number of benzene rings is 3. The predicted molar refractivity (Wildman–Crippen MR) is 126 cm³/mol. The molecule has 0 atom stereocenters. The Bertz CT molecular complexity index is 1050. The maximum Gasteiger partial charge on any atom is 0.225 e. The van der Waals surface area contributed by atoms with Crippen molar-refractivity contribution in [3.8, 4) is 11.8 Å². The SMILES string of the molecule is CCC(C#Cc1ncn(C(c2ccccc2)(c2ccccc2)c2ccccc2)n1)CC. The quantitative estimate of drug-likeness (QED) is 0.295. The van der Waals surface area contributed by atoms with Crippen molar-refractivity contribution in [2.45, 2.75) is 32.2 Å². The van der Waals surface area contributed by atoms with E-state index in [0.717, 1.165) is 29.5 Å². The Labute approximate surface area is 184 Å². The van der Waals surface area contributed by atoms with Crippen molar-refractivity contribution in [3.05, 3.63) is 120 Å². The van der Waals surface area contributed by atoms with E-state index in [1.807, 2.05) is 29.2 Å². The van der Waals surface area contributed by atoms with Crippen LogP contribution in [0.2, 0.25) is 0 Å². The highest BCUT2D eigenvalue weighted by Gasteiger charge is 2.39. The van der Waals surface area contributed by atoms with Gasteiger partial charge in [0.15, 0.2) is 0 Å². The summed E-state index contributed by atoms with van der Waals surface area (Å²) in [6.45, 7) is 4.33. The van der Waals surface area contributed by atoms with E-state index in [4.69, 9.17) is 5.10 Å². The van der Waals surface area contributed by atoms with Gasteiger partial charge in [0.05, 0.1) is 0 Å². The summed E-state index contributed by atoms with van der Waals surface area (Å²) in [6, 6.07) is 31.4. The highest BCUT2D eigenvalue weighted by Crippen LogP contribution is 2.39. The molecule has 0 unspecified atom stereocenters. The Balaban J connectivity index is 1.96. The zero-order valence-corrected chi connectivity index (χ0v) is 18.1. The van der Waals surface area contributed by atoms with Crippen LogP contribution in [0.3, 0.4) is 0 Å². The molecule has 0 saturated heterocycles. The molecule has 0 N–H and O–H groups in total. The summed E-state index contributed by atoms with van der Waals surface area (Å²) in [5, 5.41) is 4.88. The largest absolute Gasteiger partial charge is 0.232 e. The van der Waals surface area contributed by atoms with Crippen LogP contribution in [0, 0.1) is 17.8 Å². The molecule has 4 aromatic rings. The molecule has 1 aromatic heterocycles. The Morgan fingerprint density at radius 3 is 1.61 bits per heavy atom. The highest BCUT2D eigenvalue weighted by molar-refractivity contribution is 5.50. The zero-order valence-electron chi connectivity index (χ0n) is 18.1. The summed E-state index contributed by atoms with van der Waals surface area (Å²) >= 11 is 0. The second-order valence-electron chi connectivity index (χ2n) is 7.60. The molecule has 154 valence electrons. The first-order valence-corrected chi connectivity index (χ1v) is 10.9. The van der Waals surface area contributed by atoms with Crippen molar-refractivity contribution >= 4 is 0 Å². The van der Waals surface area contributed by atoms with Crippen molar-refractivity contribution in [1.82, 2.24) is 14.8 Å². The number of aromatic nitrogens is 3. The fourth-order valence-corrected chi connectivity index (χ4v) is 4.08. The van der Waals surface area contributed by atoms with Gasteiger partial charge in [0, 0.05) is 5.92 Å². The van der Waals surface area contributed by atoms with Gasteiger partial charge in [0.2, 0.25) is 5.82 Å². The Morgan fingerprint density at radius 1 is 0.742 bits per heavy atom. The normalized spacial score (nSPS) is 11.2. The molecule has 0 saturated carbocycles. The highest BCUT2D eigenvalue weighted by atomic mass is 15.4. The Morgan fingerprint density at radius 2 is 1.19 bits per heavy atom. The molecule has 3 nitrogen and oxygen atoms in total. The third kappa shape index (κ3) is 4.02. The Hall–Kier alpha value is -3.64. The number of hydrogen-bond donors (Lipinski definition) is 0. The third-order valence-corrected chi connectivity index (χ3v) is 5.78. The van der Waals surface area contributed by atoms with Crippen molar-refractivity contribution in [2.75, 3.05) is 0 Å². The van der Waals surface area contributed by atoms with Crippen LogP contribution >= 0.6 is 0 Å². The molecule has 0 spiro atoms. The minimum Gasteiger partial charge on any atom is -0.232 e. The van der Waals surface area contributed by atoms with Gasteiger partial charge in [-0.05, 0) is 35.5 Å². The van der Waals surface area contributed by atoms with Gasteiger partial charge >= 0.3 is 0 Å². The van der Waals surface area contributed by atoms with E-state index >= 15 is 0 Å². The van der Waals surface area contributed by atoms with E-state index in [2.05, 4.69) is 103 Å². The molecule has 0 bridgehead atoms. The zero-order chi connectivity index (χ0) is 21.5. The lowest BCUT2D eigenvalue weighted by Crippen LogP contribution is -2.38. The summed E-state index contributed by atoms with van der Waals surface area (Å²) in [7, 11) is 0. The molecule has 0 aliphatic heterocycles. The van der Waals surface area contributed by atoms with Gasteiger partial charge in [-0.15, -0.1) is 5.10 Å². The lowest BCUT2D eigenvalue weighted by molar-refractivity contribution is 0.458. The summed E-state index contributed by atoms with van der Waals surface area (Å²) < 4.78 is 1.96. The monoisotopic (exact) mass is 405 g/mol. The summed E-state index contributed by atoms with van der Waals surface area (Å²) in [6.07, 6.45) is 3.88. The van der Waals surface area contributed by atoms with E-state index in [9.17, 15) is 0 Å². The van der Waals surface area contributed by atoms with E-state index < -0.39 is 5.54 Å². The lowest BCUT2D eigenvalue weighted by atomic mass is 9.77.